The molecule has 2 rings (SSSR count). The molecule has 1 aromatic heterocycles. The highest BCUT2D eigenvalue weighted by molar-refractivity contribution is 7.92. The first-order valence-corrected chi connectivity index (χ1v) is 5.03. The molecule has 2 aromatic rings. The van der Waals surface area contributed by atoms with Crippen LogP contribution in [0, 0.1) is 0 Å². The van der Waals surface area contributed by atoms with Gasteiger partial charge in [0.2, 0.25) is 0 Å². The molecule has 0 atom stereocenters. The monoisotopic (exact) mass is 176 g/mol. The zero-order valence-corrected chi connectivity index (χ0v) is 7.71. The third kappa shape index (κ3) is 1.30. The topological polar surface area (TPSA) is 3.88 Å². The SMILES string of the molecule is CS[n+]1ccc2ccccc2c1. The lowest BCUT2D eigenvalue weighted by Crippen LogP contribution is -2.22. The molecule has 60 valence electrons. The highest BCUT2D eigenvalue weighted by Gasteiger charge is 1.99. The van der Waals surface area contributed by atoms with Crippen LogP contribution >= 0.6 is 11.9 Å². The molecule has 0 amide bonds. The number of rotatable bonds is 1. The molecule has 0 bridgehead atoms. The standard InChI is InChI=1S/C10H10NS/c1-12-11-7-6-9-4-2-3-5-10(9)8-11/h2-8H,1H3/q+1. The van der Waals surface area contributed by atoms with E-state index in [1.807, 2.05) is 0 Å². The molecule has 1 aromatic carbocycles. The van der Waals surface area contributed by atoms with Crippen molar-refractivity contribution in [2.45, 2.75) is 0 Å². The van der Waals surface area contributed by atoms with Crippen LogP contribution in [0.4, 0.5) is 0 Å². The van der Waals surface area contributed by atoms with Crippen LogP contribution in [0.25, 0.3) is 10.8 Å². The van der Waals surface area contributed by atoms with Crippen LogP contribution in [0.15, 0.2) is 42.7 Å². The van der Waals surface area contributed by atoms with Crippen LogP contribution in [-0.2, 0) is 0 Å². The Morgan fingerprint density at radius 3 is 2.58 bits per heavy atom. The van der Waals surface area contributed by atoms with Crippen LogP contribution in [0.2, 0.25) is 0 Å². The normalized spacial score (nSPS) is 10.4. The third-order valence-corrected chi connectivity index (χ3v) is 2.52. The average molecular weight is 176 g/mol. The molecule has 0 radical (unpaired) electrons. The van der Waals surface area contributed by atoms with Crippen LogP contribution in [0.1, 0.15) is 0 Å². The average Bonchev–Trinajstić information content (AvgIpc) is 2.17. The largest absolute Gasteiger partial charge is 0.191 e. The van der Waals surface area contributed by atoms with E-state index in [4.69, 9.17) is 0 Å². The summed E-state index contributed by atoms with van der Waals surface area (Å²) in [5.41, 5.74) is 0. The van der Waals surface area contributed by atoms with Crippen LogP contribution in [-0.4, -0.2) is 6.26 Å². The van der Waals surface area contributed by atoms with Crippen molar-refractivity contribution in [2.24, 2.45) is 0 Å². The van der Waals surface area contributed by atoms with E-state index in [-0.39, 0.29) is 0 Å². The van der Waals surface area contributed by atoms with Crippen LogP contribution in [0.3, 0.4) is 0 Å². The maximum Gasteiger partial charge on any atom is 0.191 e. The van der Waals surface area contributed by atoms with E-state index in [1.54, 1.807) is 11.9 Å². The number of nitrogens with zero attached hydrogens (tertiary/aromatic N) is 1. The summed E-state index contributed by atoms with van der Waals surface area (Å²) in [6, 6.07) is 10.5. The molecule has 0 aliphatic carbocycles. The van der Waals surface area contributed by atoms with Gasteiger partial charge in [0, 0.05) is 17.7 Å². The summed E-state index contributed by atoms with van der Waals surface area (Å²) in [5.74, 6) is 0. The minimum atomic E-state index is 1.29. The van der Waals surface area contributed by atoms with E-state index in [0.29, 0.717) is 0 Å². The molecule has 0 saturated carbocycles. The molecule has 0 fully saturated rings. The Balaban J connectivity index is 2.67. The summed E-state index contributed by atoms with van der Waals surface area (Å²) in [7, 11) is 0. The molecule has 0 N–H and O–H groups in total. The molecular formula is C10H10NS+. The fraction of sp³-hybridized carbons (Fsp3) is 0.100. The second kappa shape index (κ2) is 3.15. The summed E-state index contributed by atoms with van der Waals surface area (Å²) in [6.07, 6.45) is 6.28. The smallest absolute Gasteiger partial charge is 0.134 e. The van der Waals surface area contributed by atoms with Crippen LogP contribution in [0.5, 0.6) is 0 Å². The Kier molecular flexibility index (Phi) is 2.00. The van der Waals surface area contributed by atoms with Gasteiger partial charge in [-0.25, -0.2) is 0 Å². The van der Waals surface area contributed by atoms with Crippen molar-refractivity contribution in [2.75, 3.05) is 6.26 Å². The fourth-order valence-electron chi connectivity index (χ4n) is 1.23. The number of pyridine rings is 1. The highest BCUT2D eigenvalue weighted by Crippen LogP contribution is 2.10. The van der Waals surface area contributed by atoms with Gasteiger partial charge >= 0.3 is 0 Å². The maximum absolute atomic E-state index is 2.14. The highest BCUT2D eigenvalue weighted by atomic mass is 32.2. The Morgan fingerprint density at radius 1 is 1.08 bits per heavy atom. The molecular weight excluding hydrogens is 166 g/mol. The summed E-state index contributed by atoms with van der Waals surface area (Å²) >= 11 is 1.70. The quantitative estimate of drug-likeness (QED) is 0.603. The molecule has 0 saturated heterocycles. The van der Waals surface area contributed by atoms with E-state index in [1.165, 1.54) is 10.8 Å². The summed E-state index contributed by atoms with van der Waals surface area (Å²) in [4.78, 5) is 0. The molecule has 12 heavy (non-hydrogen) atoms. The van der Waals surface area contributed by atoms with E-state index in [9.17, 15) is 0 Å². The van der Waals surface area contributed by atoms with E-state index >= 15 is 0 Å². The van der Waals surface area contributed by atoms with Gasteiger partial charge in [-0.15, -0.1) is 3.97 Å². The number of fused-ring (bicyclic) bond motifs is 1. The van der Waals surface area contributed by atoms with Crippen molar-refractivity contribution in [1.29, 1.82) is 0 Å². The molecule has 2 heteroatoms. The van der Waals surface area contributed by atoms with Crippen molar-refractivity contribution in [3.8, 4) is 0 Å². The maximum atomic E-state index is 2.14. The molecule has 0 aliphatic rings. The predicted octanol–water partition coefficient (Wildman–Crippen LogP) is 2.25. The van der Waals surface area contributed by atoms with Gasteiger partial charge in [-0.2, -0.15) is 0 Å². The van der Waals surface area contributed by atoms with Crippen molar-refractivity contribution in [1.82, 2.24) is 0 Å². The van der Waals surface area contributed by atoms with Crippen LogP contribution < -0.4 is 3.97 Å². The summed E-state index contributed by atoms with van der Waals surface area (Å²) in [5, 5.41) is 2.58. The first kappa shape index (κ1) is 7.62. The predicted molar refractivity (Wildman–Crippen MR) is 53.1 cm³/mol. The Hall–Kier alpha value is -1.02. The van der Waals surface area contributed by atoms with Crippen molar-refractivity contribution in [3.63, 3.8) is 0 Å². The molecule has 0 unspecified atom stereocenters. The minimum absolute atomic E-state index is 1.29. The molecule has 1 nitrogen and oxygen atoms in total. The Bertz CT molecular complexity index is 398. The number of hydrogen-bond acceptors (Lipinski definition) is 1. The van der Waals surface area contributed by atoms with Crippen molar-refractivity contribution < 1.29 is 3.97 Å². The van der Waals surface area contributed by atoms with Gasteiger partial charge in [0.1, 0.15) is 0 Å². The Morgan fingerprint density at radius 2 is 1.83 bits per heavy atom. The second-order valence-electron chi connectivity index (χ2n) is 2.62. The van der Waals surface area contributed by atoms with Gasteiger partial charge < -0.3 is 0 Å². The lowest BCUT2D eigenvalue weighted by Gasteiger charge is -1.93. The Labute approximate surface area is 76.2 Å². The number of benzene rings is 1. The summed E-state index contributed by atoms with van der Waals surface area (Å²) < 4.78 is 2.10. The summed E-state index contributed by atoms with van der Waals surface area (Å²) in [6.45, 7) is 0. The van der Waals surface area contributed by atoms with E-state index in [2.05, 4.69) is 53.0 Å². The van der Waals surface area contributed by atoms with E-state index < -0.39 is 0 Å². The number of aromatic nitrogens is 1. The lowest BCUT2D eigenvalue weighted by molar-refractivity contribution is -0.491. The second-order valence-corrected chi connectivity index (χ2v) is 3.40. The van der Waals surface area contributed by atoms with Gasteiger partial charge in [-0.1, -0.05) is 18.2 Å². The zero-order chi connectivity index (χ0) is 8.39. The third-order valence-electron chi connectivity index (χ3n) is 1.87. The first-order valence-electron chi connectivity index (χ1n) is 3.85. The van der Waals surface area contributed by atoms with Gasteiger partial charge in [0.15, 0.2) is 24.3 Å². The van der Waals surface area contributed by atoms with Gasteiger partial charge in [-0.05, 0) is 11.5 Å². The lowest BCUT2D eigenvalue weighted by atomic mass is 10.2. The first-order chi connectivity index (χ1) is 5.90. The minimum Gasteiger partial charge on any atom is -0.134 e. The number of hydrogen-bond donors (Lipinski definition) is 0. The molecule has 1 heterocycles. The van der Waals surface area contributed by atoms with Gasteiger partial charge in [0.05, 0.1) is 0 Å². The van der Waals surface area contributed by atoms with Gasteiger partial charge in [-0.3, -0.25) is 0 Å². The van der Waals surface area contributed by atoms with Crippen molar-refractivity contribution in [3.05, 3.63) is 42.7 Å². The molecule has 0 spiro atoms. The van der Waals surface area contributed by atoms with Crippen molar-refractivity contribution >= 4 is 22.7 Å². The van der Waals surface area contributed by atoms with Gasteiger partial charge in [0.25, 0.3) is 0 Å². The molecule has 0 aliphatic heterocycles. The van der Waals surface area contributed by atoms with E-state index in [0.717, 1.165) is 0 Å². The zero-order valence-electron chi connectivity index (χ0n) is 6.90. The fourth-order valence-corrected chi connectivity index (χ4v) is 1.63.